The number of carbonyl (C=O) groups is 1. The summed E-state index contributed by atoms with van der Waals surface area (Å²) < 4.78 is 5.96. The number of hydrogen-bond donors (Lipinski definition) is 1. The van der Waals surface area contributed by atoms with Gasteiger partial charge in [-0.05, 0) is 37.5 Å². The van der Waals surface area contributed by atoms with E-state index in [1.54, 1.807) is 6.92 Å². The number of hydrogen-bond acceptors (Lipinski definition) is 3. The lowest BCUT2D eigenvalue weighted by Gasteiger charge is -2.21. The summed E-state index contributed by atoms with van der Waals surface area (Å²) in [6.45, 7) is 2.14. The first-order valence-corrected chi connectivity index (χ1v) is 7.23. The Bertz CT molecular complexity index is 496. The fourth-order valence-corrected chi connectivity index (χ4v) is 2.84. The second-order valence-corrected chi connectivity index (χ2v) is 5.48. The molecule has 0 saturated heterocycles. The van der Waals surface area contributed by atoms with Crippen LogP contribution in [0, 0.1) is 5.92 Å². The number of rotatable bonds is 4. The Morgan fingerprint density at radius 1 is 1.58 bits per heavy atom. The lowest BCUT2D eigenvalue weighted by atomic mass is 9.90. The summed E-state index contributed by atoms with van der Waals surface area (Å²) in [5.74, 6) is -0.479. The number of carbonyl (C=O) groups excluding carboxylic acids is 1. The van der Waals surface area contributed by atoms with E-state index < -0.39 is 6.10 Å². The highest BCUT2D eigenvalue weighted by Gasteiger charge is 2.32. The van der Waals surface area contributed by atoms with Crippen LogP contribution in [0.5, 0.6) is 0 Å². The van der Waals surface area contributed by atoms with E-state index in [0.29, 0.717) is 12.2 Å². The van der Waals surface area contributed by atoms with Crippen molar-refractivity contribution in [2.24, 2.45) is 5.92 Å². The molecule has 1 aliphatic rings. The van der Waals surface area contributed by atoms with E-state index in [9.17, 15) is 9.90 Å². The average molecular weight is 325 g/mol. The third-order valence-corrected chi connectivity index (χ3v) is 3.82. The lowest BCUT2D eigenvalue weighted by molar-refractivity contribution is -0.139. The van der Waals surface area contributed by atoms with Crippen LogP contribution in [0.15, 0.2) is 40.4 Å². The Labute approximate surface area is 121 Å². The van der Waals surface area contributed by atoms with E-state index in [0.717, 1.165) is 22.9 Å². The minimum Gasteiger partial charge on any atom is -0.463 e. The molecule has 0 radical (unpaired) electrons. The molecule has 0 aromatic heterocycles. The first-order valence-electron chi connectivity index (χ1n) is 6.44. The Morgan fingerprint density at radius 3 is 3.05 bits per heavy atom. The predicted octanol–water partition coefficient (Wildman–Crippen LogP) is 3.38. The molecule has 0 fully saturated rings. The number of aliphatic hydroxyl groups is 1. The summed E-state index contributed by atoms with van der Waals surface area (Å²) in [4.78, 5) is 11.8. The Kier molecular flexibility index (Phi) is 4.77. The van der Waals surface area contributed by atoms with E-state index >= 15 is 0 Å². The van der Waals surface area contributed by atoms with Crippen molar-refractivity contribution in [2.45, 2.75) is 25.9 Å². The summed E-state index contributed by atoms with van der Waals surface area (Å²) in [5.41, 5.74) is 1.42. The molecular formula is C15H17BrO3. The van der Waals surface area contributed by atoms with Crippen molar-refractivity contribution in [3.8, 4) is 0 Å². The van der Waals surface area contributed by atoms with Crippen LogP contribution in [0.1, 0.15) is 31.4 Å². The number of halogens is 1. The number of esters is 1. The summed E-state index contributed by atoms with van der Waals surface area (Å²) >= 11 is 3.39. The van der Waals surface area contributed by atoms with Crippen LogP contribution in [-0.2, 0) is 9.53 Å². The van der Waals surface area contributed by atoms with Gasteiger partial charge in [0.15, 0.2) is 0 Å². The minimum atomic E-state index is -0.671. The molecule has 0 aliphatic heterocycles. The summed E-state index contributed by atoms with van der Waals surface area (Å²) in [6, 6.07) is 7.54. The van der Waals surface area contributed by atoms with Gasteiger partial charge in [-0.25, -0.2) is 4.79 Å². The number of ether oxygens (including phenoxy) is 1. The van der Waals surface area contributed by atoms with Gasteiger partial charge >= 0.3 is 5.97 Å². The van der Waals surface area contributed by atoms with Crippen molar-refractivity contribution in [2.75, 3.05) is 6.61 Å². The third-order valence-electron chi connectivity index (χ3n) is 3.32. The molecule has 0 saturated carbocycles. The van der Waals surface area contributed by atoms with Crippen molar-refractivity contribution in [3.63, 3.8) is 0 Å². The van der Waals surface area contributed by atoms with Gasteiger partial charge in [0.05, 0.1) is 12.7 Å². The van der Waals surface area contributed by atoms with Gasteiger partial charge in [-0.2, -0.15) is 0 Å². The Hall–Kier alpha value is -1.13. The van der Waals surface area contributed by atoms with Crippen molar-refractivity contribution in [1.29, 1.82) is 0 Å². The minimum absolute atomic E-state index is 0.173. The molecule has 1 N–H and O–H groups in total. The Balaban J connectivity index is 2.17. The summed E-state index contributed by atoms with van der Waals surface area (Å²) in [7, 11) is 0. The second-order valence-electron chi connectivity index (χ2n) is 4.56. The lowest BCUT2D eigenvalue weighted by Crippen LogP contribution is -2.19. The van der Waals surface area contributed by atoms with Crippen molar-refractivity contribution < 1.29 is 14.6 Å². The van der Waals surface area contributed by atoms with Gasteiger partial charge in [-0.15, -0.1) is 0 Å². The summed E-state index contributed by atoms with van der Waals surface area (Å²) in [5, 5.41) is 10.5. The zero-order valence-electron chi connectivity index (χ0n) is 10.8. The summed E-state index contributed by atoms with van der Waals surface area (Å²) in [6.07, 6.45) is 2.80. The third kappa shape index (κ3) is 3.25. The molecule has 1 aromatic rings. The van der Waals surface area contributed by atoms with Crippen molar-refractivity contribution in [3.05, 3.63) is 46.0 Å². The molecule has 19 heavy (non-hydrogen) atoms. The predicted molar refractivity (Wildman–Crippen MR) is 76.5 cm³/mol. The number of allylic oxidation sites excluding steroid dienone is 1. The largest absolute Gasteiger partial charge is 0.463 e. The van der Waals surface area contributed by atoms with Gasteiger partial charge in [0.2, 0.25) is 0 Å². The number of aliphatic hydroxyl groups excluding tert-OH is 1. The molecule has 0 spiro atoms. The van der Waals surface area contributed by atoms with Gasteiger partial charge in [0, 0.05) is 16.0 Å². The first kappa shape index (κ1) is 14.3. The van der Waals surface area contributed by atoms with E-state index in [-0.39, 0.29) is 11.9 Å². The Morgan fingerprint density at radius 2 is 2.37 bits per heavy atom. The van der Waals surface area contributed by atoms with Gasteiger partial charge in [0.25, 0.3) is 0 Å². The second kappa shape index (κ2) is 6.35. The average Bonchev–Trinajstić information content (AvgIpc) is 2.87. The zero-order valence-corrected chi connectivity index (χ0v) is 12.4. The van der Waals surface area contributed by atoms with Gasteiger partial charge in [-0.1, -0.05) is 34.1 Å². The molecule has 0 heterocycles. The highest BCUT2D eigenvalue weighted by Crippen LogP contribution is 2.37. The number of benzene rings is 1. The van der Waals surface area contributed by atoms with Crippen LogP contribution in [0.3, 0.4) is 0 Å². The highest BCUT2D eigenvalue weighted by atomic mass is 79.9. The topological polar surface area (TPSA) is 46.5 Å². The molecule has 3 nitrogen and oxygen atoms in total. The van der Waals surface area contributed by atoms with Crippen LogP contribution in [-0.4, -0.2) is 17.7 Å². The standard InChI is InChI=1S/C15H17BrO3/c1-2-19-15(18)13-8-4-7-12(13)14(17)10-5-3-6-11(16)9-10/h3,5-6,8-9,12,14,17H,2,4,7H2,1H3/t12-,14-/m1/s1. The SMILES string of the molecule is CCOC(=O)C1=CCC[C@H]1[C@H](O)c1cccc(Br)c1. The fourth-order valence-electron chi connectivity index (χ4n) is 2.43. The first-order chi connectivity index (χ1) is 9.13. The quantitative estimate of drug-likeness (QED) is 0.863. The normalized spacial score (nSPS) is 19.9. The van der Waals surface area contributed by atoms with Gasteiger partial charge in [-0.3, -0.25) is 0 Å². The van der Waals surface area contributed by atoms with Crippen molar-refractivity contribution in [1.82, 2.24) is 0 Å². The van der Waals surface area contributed by atoms with E-state index in [1.165, 1.54) is 0 Å². The monoisotopic (exact) mass is 324 g/mol. The highest BCUT2D eigenvalue weighted by molar-refractivity contribution is 9.10. The molecule has 102 valence electrons. The smallest absolute Gasteiger partial charge is 0.334 e. The maximum atomic E-state index is 11.8. The molecule has 0 amide bonds. The van der Waals surface area contributed by atoms with E-state index in [2.05, 4.69) is 15.9 Å². The maximum absolute atomic E-state index is 11.8. The fraction of sp³-hybridized carbons (Fsp3) is 0.400. The van der Waals surface area contributed by atoms with E-state index in [4.69, 9.17) is 4.74 Å². The van der Waals surface area contributed by atoms with Gasteiger partial charge < -0.3 is 9.84 Å². The molecule has 1 aliphatic carbocycles. The molecule has 4 heteroatoms. The van der Waals surface area contributed by atoms with Gasteiger partial charge in [0.1, 0.15) is 0 Å². The molecule has 2 atom stereocenters. The molecule has 2 rings (SSSR count). The molecule has 0 unspecified atom stereocenters. The molecule has 1 aromatic carbocycles. The van der Waals surface area contributed by atoms with Crippen LogP contribution in [0.25, 0.3) is 0 Å². The molecule has 0 bridgehead atoms. The van der Waals surface area contributed by atoms with Crippen LogP contribution >= 0.6 is 15.9 Å². The van der Waals surface area contributed by atoms with Crippen LogP contribution in [0.4, 0.5) is 0 Å². The molecular weight excluding hydrogens is 308 g/mol. The van der Waals surface area contributed by atoms with E-state index in [1.807, 2.05) is 30.3 Å². The van der Waals surface area contributed by atoms with Crippen LogP contribution in [0.2, 0.25) is 0 Å². The van der Waals surface area contributed by atoms with Crippen molar-refractivity contribution >= 4 is 21.9 Å². The maximum Gasteiger partial charge on any atom is 0.334 e. The zero-order chi connectivity index (χ0) is 13.8. The van der Waals surface area contributed by atoms with Crippen LogP contribution < -0.4 is 0 Å².